The van der Waals surface area contributed by atoms with E-state index in [0.717, 1.165) is 17.3 Å². The first-order valence-electron chi connectivity index (χ1n) is 6.03. The second kappa shape index (κ2) is 7.11. The fraction of sp³-hybridized carbons (Fsp3) is 0.0667. The lowest BCUT2D eigenvalue weighted by Gasteiger charge is -2.07. The minimum Gasteiger partial charge on any atom is -0.489 e. The molecule has 0 saturated carbocycles. The highest BCUT2D eigenvalue weighted by Crippen LogP contribution is 2.23. The minimum absolute atomic E-state index is 0.362. The van der Waals surface area contributed by atoms with Crippen molar-refractivity contribution in [3.63, 3.8) is 0 Å². The fourth-order valence-corrected chi connectivity index (χ4v) is 1.94. The molecule has 0 spiro atoms. The van der Waals surface area contributed by atoms with Gasteiger partial charge in [-0.2, -0.15) is 0 Å². The SMILES string of the molecule is O=[N+]([O-])/C=C/c1ccc(OCc2ccc(Cl)c(Cl)c2)cc1. The average Bonchev–Trinajstić information content (AvgIpc) is 2.47. The van der Waals surface area contributed by atoms with Gasteiger partial charge >= 0.3 is 0 Å². The third-order valence-electron chi connectivity index (χ3n) is 2.66. The van der Waals surface area contributed by atoms with E-state index in [1.807, 2.05) is 6.07 Å². The summed E-state index contributed by atoms with van der Waals surface area (Å²) in [7, 11) is 0. The standard InChI is InChI=1S/C15H11Cl2NO3/c16-14-6-3-12(9-15(14)17)10-21-13-4-1-11(2-5-13)7-8-18(19)20/h1-9H,10H2/b8-7+. The Morgan fingerprint density at radius 2 is 1.81 bits per heavy atom. The molecule has 0 N–H and O–H groups in total. The van der Waals surface area contributed by atoms with Gasteiger partial charge in [0.1, 0.15) is 12.4 Å². The number of nitrogens with zero attached hydrogens (tertiary/aromatic N) is 1. The van der Waals surface area contributed by atoms with Crippen LogP contribution in [-0.2, 0) is 6.61 Å². The first-order chi connectivity index (χ1) is 10.0. The number of nitro groups is 1. The normalized spacial score (nSPS) is 10.8. The second-order valence-electron chi connectivity index (χ2n) is 4.21. The van der Waals surface area contributed by atoms with Crippen LogP contribution >= 0.6 is 23.2 Å². The van der Waals surface area contributed by atoms with Crippen LogP contribution in [0, 0.1) is 10.1 Å². The second-order valence-corrected chi connectivity index (χ2v) is 5.02. The highest BCUT2D eigenvalue weighted by atomic mass is 35.5. The van der Waals surface area contributed by atoms with Crippen molar-refractivity contribution < 1.29 is 9.66 Å². The molecule has 0 bridgehead atoms. The molecule has 2 aromatic rings. The van der Waals surface area contributed by atoms with Crippen molar-refractivity contribution in [3.05, 3.63) is 80.0 Å². The molecule has 0 aliphatic heterocycles. The maximum Gasteiger partial charge on any atom is 0.235 e. The molecule has 0 aliphatic rings. The molecule has 0 aromatic heterocycles. The molecule has 108 valence electrons. The van der Waals surface area contributed by atoms with Gasteiger partial charge in [0.2, 0.25) is 6.20 Å². The lowest BCUT2D eigenvalue weighted by molar-refractivity contribution is -0.400. The molecule has 0 aliphatic carbocycles. The maximum atomic E-state index is 10.2. The maximum absolute atomic E-state index is 10.2. The van der Waals surface area contributed by atoms with Gasteiger partial charge in [0.05, 0.1) is 15.0 Å². The Balaban J connectivity index is 1.97. The molecule has 0 heterocycles. The summed E-state index contributed by atoms with van der Waals surface area (Å²) in [5.74, 6) is 0.666. The Hall–Kier alpha value is -2.04. The summed E-state index contributed by atoms with van der Waals surface area (Å²) in [5.41, 5.74) is 1.63. The van der Waals surface area contributed by atoms with Crippen molar-refractivity contribution in [3.8, 4) is 5.75 Å². The van der Waals surface area contributed by atoms with Crippen molar-refractivity contribution in [2.24, 2.45) is 0 Å². The molecule has 4 nitrogen and oxygen atoms in total. The van der Waals surface area contributed by atoms with E-state index in [1.165, 1.54) is 6.08 Å². The number of hydrogen-bond donors (Lipinski definition) is 0. The smallest absolute Gasteiger partial charge is 0.235 e. The molecular weight excluding hydrogens is 313 g/mol. The molecule has 2 rings (SSSR count). The van der Waals surface area contributed by atoms with Crippen LogP contribution in [0.25, 0.3) is 6.08 Å². The quantitative estimate of drug-likeness (QED) is 0.585. The molecule has 0 amide bonds. The fourth-order valence-electron chi connectivity index (χ4n) is 1.62. The number of hydrogen-bond acceptors (Lipinski definition) is 3. The van der Waals surface area contributed by atoms with Crippen molar-refractivity contribution in [1.82, 2.24) is 0 Å². The van der Waals surface area contributed by atoms with Crippen molar-refractivity contribution in [2.45, 2.75) is 6.61 Å². The molecule has 21 heavy (non-hydrogen) atoms. The predicted octanol–water partition coefficient (Wildman–Crippen LogP) is 4.82. The van der Waals surface area contributed by atoms with E-state index < -0.39 is 4.92 Å². The number of ether oxygens (including phenoxy) is 1. The third-order valence-corrected chi connectivity index (χ3v) is 3.40. The number of halogens is 2. The summed E-state index contributed by atoms with van der Waals surface area (Å²) < 4.78 is 5.61. The summed E-state index contributed by atoms with van der Waals surface area (Å²) in [6.45, 7) is 0.362. The van der Waals surface area contributed by atoms with Gasteiger partial charge in [0, 0.05) is 6.08 Å². The topological polar surface area (TPSA) is 52.4 Å². The van der Waals surface area contributed by atoms with E-state index in [9.17, 15) is 10.1 Å². The van der Waals surface area contributed by atoms with Gasteiger partial charge in [-0.25, -0.2) is 0 Å². The van der Waals surface area contributed by atoms with Crippen LogP contribution in [0.4, 0.5) is 0 Å². The average molecular weight is 324 g/mol. The molecule has 0 atom stereocenters. The first-order valence-corrected chi connectivity index (χ1v) is 6.79. The molecule has 0 saturated heterocycles. The predicted molar refractivity (Wildman–Crippen MR) is 83.3 cm³/mol. The van der Waals surface area contributed by atoms with Crippen LogP contribution in [0.3, 0.4) is 0 Å². The zero-order valence-electron chi connectivity index (χ0n) is 10.8. The largest absolute Gasteiger partial charge is 0.489 e. The van der Waals surface area contributed by atoms with Gasteiger partial charge in [0.25, 0.3) is 0 Å². The zero-order valence-corrected chi connectivity index (χ0v) is 12.3. The summed E-state index contributed by atoms with van der Waals surface area (Å²) >= 11 is 11.8. The van der Waals surface area contributed by atoms with Gasteiger partial charge in [-0.15, -0.1) is 0 Å². The van der Waals surface area contributed by atoms with Crippen LogP contribution in [-0.4, -0.2) is 4.92 Å². The van der Waals surface area contributed by atoms with Crippen LogP contribution < -0.4 is 4.74 Å². The number of rotatable bonds is 5. The van der Waals surface area contributed by atoms with Crippen molar-refractivity contribution in [2.75, 3.05) is 0 Å². The first kappa shape index (κ1) is 15.4. The lowest BCUT2D eigenvalue weighted by Crippen LogP contribution is -1.95. The molecule has 2 aromatic carbocycles. The highest BCUT2D eigenvalue weighted by Gasteiger charge is 2.01. The van der Waals surface area contributed by atoms with E-state index in [0.29, 0.717) is 22.4 Å². The Kier molecular flexibility index (Phi) is 5.20. The summed E-state index contributed by atoms with van der Waals surface area (Å²) in [6.07, 6.45) is 2.31. The van der Waals surface area contributed by atoms with Gasteiger partial charge in [-0.3, -0.25) is 10.1 Å². The molecular formula is C15H11Cl2NO3. The van der Waals surface area contributed by atoms with Gasteiger partial charge in [-0.05, 0) is 35.4 Å². The Morgan fingerprint density at radius 1 is 1.10 bits per heavy atom. The Labute approximate surface area is 131 Å². The van der Waals surface area contributed by atoms with Crippen LogP contribution in [0.2, 0.25) is 10.0 Å². The van der Waals surface area contributed by atoms with Gasteiger partial charge in [0.15, 0.2) is 0 Å². The van der Waals surface area contributed by atoms with E-state index >= 15 is 0 Å². The van der Waals surface area contributed by atoms with E-state index in [-0.39, 0.29) is 0 Å². The molecule has 0 radical (unpaired) electrons. The highest BCUT2D eigenvalue weighted by molar-refractivity contribution is 6.42. The summed E-state index contributed by atoms with van der Waals surface area (Å²) in [4.78, 5) is 9.72. The summed E-state index contributed by atoms with van der Waals surface area (Å²) in [6, 6.07) is 12.3. The minimum atomic E-state index is -0.505. The molecule has 6 heteroatoms. The Morgan fingerprint density at radius 3 is 2.43 bits per heavy atom. The molecule has 0 fully saturated rings. The third kappa shape index (κ3) is 4.77. The summed E-state index contributed by atoms with van der Waals surface area (Å²) in [5, 5.41) is 11.2. The van der Waals surface area contributed by atoms with E-state index in [1.54, 1.807) is 36.4 Å². The van der Waals surface area contributed by atoms with Gasteiger partial charge in [-0.1, -0.05) is 41.4 Å². The number of benzene rings is 2. The van der Waals surface area contributed by atoms with E-state index in [2.05, 4.69) is 0 Å². The van der Waals surface area contributed by atoms with Crippen LogP contribution in [0.15, 0.2) is 48.7 Å². The zero-order chi connectivity index (χ0) is 15.2. The monoisotopic (exact) mass is 323 g/mol. The molecule has 0 unspecified atom stereocenters. The van der Waals surface area contributed by atoms with Crippen molar-refractivity contribution in [1.29, 1.82) is 0 Å². The van der Waals surface area contributed by atoms with Crippen LogP contribution in [0.5, 0.6) is 5.75 Å². The van der Waals surface area contributed by atoms with Crippen LogP contribution in [0.1, 0.15) is 11.1 Å². The van der Waals surface area contributed by atoms with Gasteiger partial charge < -0.3 is 4.74 Å². The van der Waals surface area contributed by atoms with E-state index in [4.69, 9.17) is 27.9 Å². The van der Waals surface area contributed by atoms with Crippen molar-refractivity contribution >= 4 is 29.3 Å². The Bertz CT molecular complexity index is 669. The lowest BCUT2D eigenvalue weighted by atomic mass is 10.2.